The third-order valence-corrected chi connectivity index (χ3v) is 3.96. The molecule has 1 aromatic carbocycles. The zero-order valence-electron chi connectivity index (χ0n) is 9.67. The van der Waals surface area contributed by atoms with E-state index < -0.39 is 0 Å². The van der Waals surface area contributed by atoms with Crippen LogP contribution in [0.25, 0.3) is 5.57 Å². The Morgan fingerprint density at radius 1 is 1.35 bits per heavy atom. The fourth-order valence-corrected chi connectivity index (χ4v) is 3.03. The van der Waals surface area contributed by atoms with Crippen molar-refractivity contribution >= 4 is 21.5 Å². The second-order valence-corrected chi connectivity index (χ2v) is 5.78. The average Bonchev–Trinajstić information content (AvgIpc) is 2.31. The van der Waals surface area contributed by atoms with Gasteiger partial charge in [-0.05, 0) is 36.6 Å². The summed E-state index contributed by atoms with van der Waals surface area (Å²) in [5, 5.41) is 0. The topological polar surface area (TPSA) is 18.5 Å². The van der Waals surface area contributed by atoms with E-state index in [1.165, 1.54) is 0 Å². The smallest absolute Gasteiger partial charge is 0.136 e. The van der Waals surface area contributed by atoms with Crippen molar-refractivity contribution in [1.29, 1.82) is 0 Å². The van der Waals surface area contributed by atoms with Gasteiger partial charge in [0.1, 0.15) is 11.4 Å². The molecule has 90 valence electrons. The Bertz CT molecular complexity index is 461. The molecule has 0 saturated carbocycles. The first-order valence-corrected chi connectivity index (χ1v) is 6.72. The molecule has 1 aromatic rings. The van der Waals surface area contributed by atoms with E-state index in [4.69, 9.17) is 9.47 Å². The van der Waals surface area contributed by atoms with Crippen molar-refractivity contribution in [2.75, 3.05) is 13.2 Å². The minimum absolute atomic E-state index is 0.170. The number of ether oxygens (including phenoxy) is 2. The summed E-state index contributed by atoms with van der Waals surface area (Å²) in [6.07, 6.45) is 3.00. The van der Waals surface area contributed by atoms with Gasteiger partial charge in [0, 0.05) is 23.1 Å². The minimum atomic E-state index is -0.170. The Balaban J connectivity index is 1.97. The summed E-state index contributed by atoms with van der Waals surface area (Å²) in [6, 6.07) is 6.10. The lowest BCUT2D eigenvalue weighted by molar-refractivity contribution is -0.0678. The van der Waals surface area contributed by atoms with E-state index in [1.807, 2.05) is 12.1 Å². The molecule has 0 amide bonds. The molecule has 2 heterocycles. The van der Waals surface area contributed by atoms with E-state index >= 15 is 0 Å². The highest BCUT2D eigenvalue weighted by Crippen LogP contribution is 2.43. The second kappa shape index (κ2) is 4.14. The lowest BCUT2D eigenvalue weighted by Crippen LogP contribution is -2.46. The van der Waals surface area contributed by atoms with Crippen LogP contribution in [0.15, 0.2) is 29.3 Å². The highest BCUT2D eigenvalue weighted by atomic mass is 79.9. The molecule has 1 fully saturated rings. The molecular formula is C14H15BrO2. The van der Waals surface area contributed by atoms with Crippen LogP contribution in [0.4, 0.5) is 0 Å². The minimum Gasteiger partial charge on any atom is -0.484 e. The van der Waals surface area contributed by atoms with Gasteiger partial charge in [-0.2, -0.15) is 0 Å². The first-order chi connectivity index (χ1) is 8.19. The summed E-state index contributed by atoms with van der Waals surface area (Å²) in [7, 11) is 0. The number of benzene rings is 1. The lowest BCUT2D eigenvalue weighted by atomic mass is 9.84. The van der Waals surface area contributed by atoms with Gasteiger partial charge in [0.05, 0.1) is 6.61 Å². The molecule has 2 aliphatic rings. The van der Waals surface area contributed by atoms with Crippen LogP contribution in [0.3, 0.4) is 0 Å². The molecule has 1 saturated heterocycles. The van der Waals surface area contributed by atoms with Gasteiger partial charge < -0.3 is 9.47 Å². The van der Waals surface area contributed by atoms with Gasteiger partial charge in [-0.1, -0.05) is 22.5 Å². The van der Waals surface area contributed by atoms with Crippen molar-refractivity contribution < 1.29 is 9.47 Å². The van der Waals surface area contributed by atoms with Crippen LogP contribution in [0.1, 0.15) is 24.8 Å². The van der Waals surface area contributed by atoms with Crippen LogP contribution in [0.2, 0.25) is 0 Å². The Morgan fingerprint density at radius 2 is 2.24 bits per heavy atom. The second-order valence-electron chi connectivity index (χ2n) is 4.86. The Labute approximate surface area is 110 Å². The fourth-order valence-electron chi connectivity index (χ4n) is 2.67. The average molecular weight is 295 g/mol. The van der Waals surface area contributed by atoms with Crippen molar-refractivity contribution in [3.05, 3.63) is 34.8 Å². The molecule has 0 N–H and O–H groups in total. The quantitative estimate of drug-likeness (QED) is 0.725. The van der Waals surface area contributed by atoms with E-state index in [1.54, 1.807) is 0 Å². The van der Waals surface area contributed by atoms with Crippen molar-refractivity contribution in [2.24, 2.45) is 0 Å². The predicted molar refractivity (Wildman–Crippen MR) is 71.2 cm³/mol. The van der Waals surface area contributed by atoms with Crippen molar-refractivity contribution in [1.82, 2.24) is 0 Å². The largest absolute Gasteiger partial charge is 0.484 e. The van der Waals surface area contributed by atoms with E-state index in [0.29, 0.717) is 6.61 Å². The monoisotopic (exact) mass is 294 g/mol. The van der Waals surface area contributed by atoms with Crippen LogP contribution in [0.5, 0.6) is 5.75 Å². The fraction of sp³-hybridized carbons (Fsp3) is 0.429. The summed E-state index contributed by atoms with van der Waals surface area (Å²) in [5.41, 5.74) is 2.10. The highest BCUT2D eigenvalue weighted by molar-refractivity contribution is 9.10. The van der Waals surface area contributed by atoms with E-state index in [0.717, 1.165) is 47.2 Å². The summed E-state index contributed by atoms with van der Waals surface area (Å²) >= 11 is 3.48. The maximum Gasteiger partial charge on any atom is 0.136 e. The molecule has 0 aromatic heterocycles. The molecule has 2 nitrogen and oxygen atoms in total. The molecule has 1 atom stereocenters. The number of halogens is 1. The summed E-state index contributed by atoms with van der Waals surface area (Å²) < 4.78 is 12.8. The van der Waals surface area contributed by atoms with Gasteiger partial charge in [-0.15, -0.1) is 0 Å². The van der Waals surface area contributed by atoms with Gasteiger partial charge in [0.25, 0.3) is 0 Å². The number of rotatable bonds is 0. The molecule has 0 aliphatic carbocycles. The van der Waals surface area contributed by atoms with Gasteiger partial charge in [-0.25, -0.2) is 0 Å². The molecule has 0 bridgehead atoms. The van der Waals surface area contributed by atoms with Crippen molar-refractivity contribution in [2.45, 2.75) is 24.9 Å². The molecule has 2 aliphatic heterocycles. The van der Waals surface area contributed by atoms with E-state index in [9.17, 15) is 0 Å². The molecular weight excluding hydrogens is 280 g/mol. The number of fused-ring (bicyclic) bond motifs is 1. The van der Waals surface area contributed by atoms with Crippen LogP contribution >= 0.6 is 15.9 Å². The molecule has 3 heteroatoms. The Morgan fingerprint density at radius 3 is 3.00 bits per heavy atom. The molecule has 17 heavy (non-hydrogen) atoms. The third-order valence-electron chi connectivity index (χ3n) is 3.47. The first-order valence-electron chi connectivity index (χ1n) is 5.93. The number of hydrogen-bond acceptors (Lipinski definition) is 2. The van der Waals surface area contributed by atoms with Crippen LogP contribution < -0.4 is 4.74 Å². The van der Waals surface area contributed by atoms with Gasteiger partial charge in [0.15, 0.2) is 0 Å². The predicted octanol–water partition coefficient (Wildman–Crippen LogP) is 3.79. The molecule has 0 radical (unpaired) electrons. The first kappa shape index (κ1) is 11.3. The number of hydrogen-bond donors (Lipinski definition) is 0. The maximum absolute atomic E-state index is 6.18. The van der Waals surface area contributed by atoms with E-state index in [-0.39, 0.29) is 5.60 Å². The van der Waals surface area contributed by atoms with Gasteiger partial charge in [0.2, 0.25) is 0 Å². The third kappa shape index (κ3) is 2.02. The Kier molecular flexibility index (Phi) is 2.75. The molecule has 1 unspecified atom stereocenters. The standard InChI is InChI=1S/C14H15BrO2/c1-10-8-14(5-2-6-16-9-14)17-13-4-3-11(15)7-12(10)13/h3-4,7H,1-2,5-6,8-9H2. The summed E-state index contributed by atoms with van der Waals surface area (Å²) in [4.78, 5) is 0. The van der Waals surface area contributed by atoms with Crippen LogP contribution in [-0.2, 0) is 4.74 Å². The molecule has 3 rings (SSSR count). The zero-order chi connectivity index (χ0) is 11.9. The summed E-state index contributed by atoms with van der Waals surface area (Å²) in [6.45, 7) is 5.72. The maximum atomic E-state index is 6.18. The Hall–Kier alpha value is -0.800. The zero-order valence-corrected chi connectivity index (χ0v) is 11.3. The van der Waals surface area contributed by atoms with E-state index in [2.05, 4.69) is 28.6 Å². The van der Waals surface area contributed by atoms with Gasteiger partial charge in [-0.3, -0.25) is 0 Å². The van der Waals surface area contributed by atoms with Crippen molar-refractivity contribution in [3.8, 4) is 5.75 Å². The highest BCUT2D eigenvalue weighted by Gasteiger charge is 2.39. The normalized spacial score (nSPS) is 27.7. The van der Waals surface area contributed by atoms with Crippen LogP contribution in [-0.4, -0.2) is 18.8 Å². The summed E-state index contributed by atoms with van der Waals surface area (Å²) in [5.74, 6) is 0.940. The van der Waals surface area contributed by atoms with Gasteiger partial charge >= 0.3 is 0 Å². The SMILES string of the molecule is C=C1CC2(CCCOC2)Oc2ccc(Br)cc21. The van der Waals surface area contributed by atoms with Crippen molar-refractivity contribution in [3.63, 3.8) is 0 Å². The lowest BCUT2D eigenvalue weighted by Gasteiger charge is -2.41. The van der Waals surface area contributed by atoms with Crippen LogP contribution in [0, 0.1) is 0 Å². The molecule has 1 spiro atoms.